The molecule has 0 aromatic heterocycles. The highest BCUT2D eigenvalue weighted by atomic mass is 16.5. The highest BCUT2D eigenvalue weighted by Crippen LogP contribution is 2.27. The van der Waals surface area contributed by atoms with Crippen LogP contribution in [-0.2, 0) is 0 Å². The van der Waals surface area contributed by atoms with Crippen molar-refractivity contribution in [3.63, 3.8) is 0 Å². The van der Waals surface area contributed by atoms with Crippen LogP contribution < -0.4 is 10.5 Å². The summed E-state index contributed by atoms with van der Waals surface area (Å²) in [6, 6.07) is 9.23. The van der Waals surface area contributed by atoms with E-state index in [1.165, 1.54) is 12.8 Å². The summed E-state index contributed by atoms with van der Waals surface area (Å²) in [5, 5.41) is 8.66. The molecule has 1 fully saturated rings. The Morgan fingerprint density at radius 3 is 2.44 bits per heavy atom. The first-order valence-electron chi connectivity index (χ1n) is 5.64. The molecule has 2 N–H and O–H groups in total. The molecule has 3 nitrogen and oxygen atoms in total. The van der Waals surface area contributed by atoms with Crippen LogP contribution in [0.15, 0.2) is 24.3 Å². The summed E-state index contributed by atoms with van der Waals surface area (Å²) in [6.07, 6.45) is 4.49. The molecule has 0 heterocycles. The third kappa shape index (κ3) is 2.53. The van der Waals surface area contributed by atoms with E-state index in [0.717, 1.165) is 18.6 Å². The lowest BCUT2D eigenvalue weighted by molar-refractivity contribution is 0.220. The summed E-state index contributed by atoms with van der Waals surface area (Å²) < 4.78 is 5.66. The maximum absolute atomic E-state index is 8.66. The molecule has 0 saturated heterocycles. The molecule has 1 aromatic rings. The van der Waals surface area contributed by atoms with E-state index in [-0.39, 0.29) is 5.54 Å². The molecule has 0 unspecified atom stereocenters. The van der Waals surface area contributed by atoms with Crippen molar-refractivity contribution in [2.45, 2.75) is 31.2 Å². The Bertz CT molecular complexity index is 385. The highest BCUT2D eigenvalue weighted by Gasteiger charge is 2.29. The SMILES string of the molecule is N#Cc1ccc(OCC2(N)CCCC2)cc1. The summed E-state index contributed by atoms with van der Waals surface area (Å²) in [7, 11) is 0. The van der Waals surface area contributed by atoms with Crippen LogP contribution in [0.5, 0.6) is 5.75 Å². The van der Waals surface area contributed by atoms with Crippen molar-refractivity contribution >= 4 is 0 Å². The van der Waals surface area contributed by atoms with Gasteiger partial charge in [0.1, 0.15) is 12.4 Å². The normalized spacial score (nSPS) is 18.0. The molecule has 0 amide bonds. The first-order chi connectivity index (χ1) is 7.72. The summed E-state index contributed by atoms with van der Waals surface area (Å²) in [5.74, 6) is 0.788. The molecule has 0 radical (unpaired) electrons. The van der Waals surface area contributed by atoms with Crippen LogP contribution in [-0.4, -0.2) is 12.1 Å². The first kappa shape index (κ1) is 11.0. The molecule has 84 valence electrons. The van der Waals surface area contributed by atoms with Crippen molar-refractivity contribution in [1.82, 2.24) is 0 Å². The second kappa shape index (κ2) is 4.54. The van der Waals surface area contributed by atoms with Crippen molar-refractivity contribution in [3.8, 4) is 11.8 Å². The average Bonchev–Trinajstić information content (AvgIpc) is 2.75. The van der Waals surface area contributed by atoms with Gasteiger partial charge in [-0.25, -0.2) is 0 Å². The fourth-order valence-corrected chi connectivity index (χ4v) is 2.08. The maximum Gasteiger partial charge on any atom is 0.119 e. The lowest BCUT2D eigenvalue weighted by Gasteiger charge is -2.23. The molecule has 0 atom stereocenters. The quantitative estimate of drug-likeness (QED) is 0.842. The van der Waals surface area contributed by atoms with E-state index < -0.39 is 0 Å². The van der Waals surface area contributed by atoms with Crippen LogP contribution in [0.3, 0.4) is 0 Å². The predicted molar refractivity (Wildman–Crippen MR) is 62.0 cm³/mol. The second-order valence-electron chi connectivity index (χ2n) is 4.49. The Morgan fingerprint density at radius 1 is 1.25 bits per heavy atom. The largest absolute Gasteiger partial charge is 0.492 e. The average molecular weight is 216 g/mol. The number of nitrogens with zero attached hydrogens (tertiary/aromatic N) is 1. The molecular formula is C13H16N2O. The van der Waals surface area contributed by atoms with E-state index in [1.54, 1.807) is 12.1 Å². The summed E-state index contributed by atoms with van der Waals surface area (Å²) in [5.41, 5.74) is 6.69. The molecule has 0 bridgehead atoms. The number of ether oxygens (including phenoxy) is 1. The van der Waals surface area contributed by atoms with Gasteiger partial charge in [0.15, 0.2) is 0 Å². The molecule has 2 rings (SSSR count). The zero-order valence-electron chi connectivity index (χ0n) is 9.28. The monoisotopic (exact) mass is 216 g/mol. The number of rotatable bonds is 3. The van der Waals surface area contributed by atoms with Gasteiger partial charge in [0.2, 0.25) is 0 Å². The van der Waals surface area contributed by atoms with Crippen LogP contribution >= 0.6 is 0 Å². The third-order valence-electron chi connectivity index (χ3n) is 3.11. The van der Waals surface area contributed by atoms with Gasteiger partial charge in [-0.2, -0.15) is 5.26 Å². The Morgan fingerprint density at radius 2 is 1.88 bits per heavy atom. The zero-order chi connectivity index (χ0) is 11.4. The molecule has 16 heavy (non-hydrogen) atoms. The molecule has 1 saturated carbocycles. The van der Waals surface area contributed by atoms with Gasteiger partial charge in [0.25, 0.3) is 0 Å². The number of nitrogens with two attached hydrogens (primary N) is 1. The predicted octanol–water partition coefficient (Wildman–Crippen LogP) is 2.21. The van der Waals surface area contributed by atoms with Crippen LogP contribution in [0.2, 0.25) is 0 Å². The first-order valence-corrected chi connectivity index (χ1v) is 5.64. The smallest absolute Gasteiger partial charge is 0.119 e. The lowest BCUT2D eigenvalue weighted by atomic mass is 10.0. The highest BCUT2D eigenvalue weighted by molar-refractivity contribution is 5.34. The van der Waals surface area contributed by atoms with E-state index in [4.69, 9.17) is 15.7 Å². The topological polar surface area (TPSA) is 59.0 Å². The van der Waals surface area contributed by atoms with E-state index in [1.807, 2.05) is 12.1 Å². The van der Waals surface area contributed by atoms with Crippen molar-refractivity contribution in [2.75, 3.05) is 6.61 Å². The van der Waals surface area contributed by atoms with E-state index in [2.05, 4.69) is 6.07 Å². The van der Waals surface area contributed by atoms with Crippen LogP contribution in [0.4, 0.5) is 0 Å². The Labute approximate surface area is 95.8 Å². The van der Waals surface area contributed by atoms with Crippen LogP contribution in [0.1, 0.15) is 31.2 Å². The van der Waals surface area contributed by atoms with Gasteiger partial charge in [0, 0.05) is 0 Å². The van der Waals surface area contributed by atoms with Crippen molar-refractivity contribution in [3.05, 3.63) is 29.8 Å². The number of hydrogen-bond donors (Lipinski definition) is 1. The van der Waals surface area contributed by atoms with Crippen molar-refractivity contribution in [2.24, 2.45) is 5.73 Å². The van der Waals surface area contributed by atoms with Gasteiger partial charge < -0.3 is 10.5 Å². The lowest BCUT2D eigenvalue weighted by Crippen LogP contribution is -2.42. The number of benzene rings is 1. The van der Waals surface area contributed by atoms with Crippen LogP contribution in [0.25, 0.3) is 0 Å². The summed E-state index contributed by atoms with van der Waals surface area (Å²) >= 11 is 0. The van der Waals surface area contributed by atoms with Gasteiger partial charge in [-0.15, -0.1) is 0 Å². The zero-order valence-corrected chi connectivity index (χ0v) is 9.28. The molecule has 1 aromatic carbocycles. The van der Waals surface area contributed by atoms with E-state index in [9.17, 15) is 0 Å². The van der Waals surface area contributed by atoms with Crippen molar-refractivity contribution in [1.29, 1.82) is 5.26 Å². The maximum atomic E-state index is 8.66. The minimum Gasteiger partial charge on any atom is -0.492 e. The molecule has 1 aliphatic rings. The van der Waals surface area contributed by atoms with Gasteiger partial charge in [-0.3, -0.25) is 0 Å². The minimum absolute atomic E-state index is 0.145. The summed E-state index contributed by atoms with van der Waals surface area (Å²) in [4.78, 5) is 0. The van der Waals surface area contributed by atoms with E-state index >= 15 is 0 Å². The molecule has 1 aliphatic carbocycles. The Hall–Kier alpha value is -1.53. The Balaban J connectivity index is 1.92. The third-order valence-corrected chi connectivity index (χ3v) is 3.11. The van der Waals surface area contributed by atoms with E-state index in [0.29, 0.717) is 12.2 Å². The van der Waals surface area contributed by atoms with Gasteiger partial charge >= 0.3 is 0 Å². The van der Waals surface area contributed by atoms with Gasteiger partial charge in [-0.1, -0.05) is 12.8 Å². The number of hydrogen-bond acceptors (Lipinski definition) is 3. The molecule has 0 aliphatic heterocycles. The molecule has 0 spiro atoms. The fraction of sp³-hybridized carbons (Fsp3) is 0.462. The molecule has 3 heteroatoms. The van der Waals surface area contributed by atoms with Gasteiger partial charge in [0.05, 0.1) is 17.2 Å². The number of nitriles is 1. The van der Waals surface area contributed by atoms with Gasteiger partial charge in [-0.05, 0) is 37.1 Å². The summed E-state index contributed by atoms with van der Waals surface area (Å²) in [6.45, 7) is 0.568. The van der Waals surface area contributed by atoms with Crippen molar-refractivity contribution < 1.29 is 4.74 Å². The fourth-order valence-electron chi connectivity index (χ4n) is 2.08. The van der Waals surface area contributed by atoms with Crippen LogP contribution in [0, 0.1) is 11.3 Å². The Kier molecular flexibility index (Phi) is 3.12. The second-order valence-corrected chi connectivity index (χ2v) is 4.49. The minimum atomic E-state index is -0.145. The standard InChI is InChI=1S/C13H16N2O/c14-9-11-3-5-12(6-4-11)16-10-13(15)7-1-2-8-13/h3-6H,1-2,7-8,10,15H2. The molecular weight excluding hydrogens is 200 g/mol.